The van der Waals surface area contributed by atoms with Crippen LogP contribution in [0, 0.1) is 23.0 Å². The highest BCUT2D eigenvalue weighted by molar-refractivity contribution is 8.01. The molecule has 2 aliphatic rings. The summed E-state index contributed by atoms with van der Waals surface area (Å²) in [6, 6.07) is 9.90. The van der Waals surface area contributed by atoms with Crippen molar-refractivity contribution in [3.63, 3.8) is 0 Å². The second kappa shape index (κ2) is 5.04. The first-order valence-electron chi connectivity index (χ1n) is 7.32. The van der Waals surface area contributed by atoms with Crippen molar-refractivity contribution in [2.45, 2.75) is 49.7 Å². The third-order valence-corrected chi connectivity index (χ3v) is 6.50. The average Bonchev–Trinajstić information content (AvgIpc) is 2.59. The highest BCUT2D eigenvalue weighted by Crippen LogP contribution is 2.63. The molecule has 3 rings (SSSR count). The standard InChI is InChI=1S/C17H20O2S/c1-12(11-20-14-6-4-3-5-7-14)17(19)15(18)10-13-8-9-16(13,17)2/h3-7,12-13,15H,8-10H2,1-2H3/q-2/t12?,13-,15+,16+,17-/m1/s1. The molecule has 1 aromatic carbocycles. The molecule has 20 heavy (non-hydrogen) atoms. The fraction of sp³-hybridized carbons (Fsp3) is 0.588. The number of rotatable bonds is 4. The summed E-state index contributed by atoms with van der Waals surface area (Å²) in [5.41, 5.74) is -1.71. The van der Waals surface area contributed by atoms with Crippen LogP contribution in [0.4, 0.5) is 0 Å². The predicted octanol–water partition coefficient (Wildman–Crippen LogP) is 2.10. The lowest BCUT2D eigenvalue weighted by atomic mass is 9.55. The van der Waals surface area contributed by atoms with Crippen molar-refractivity contribution in [2.75, 3.05) is 0 Å². The van der Waals surface area contributed by atoms with Gasteiger partial charge in [-0.25, -0.2) is 0 Å². The summed E-state index contributed by atoms with van der Waals surface area (Å²) in [7, 11) is 0. The molecule has 1 aromatic rings. The molecule has 0 amide bonds. The van der Waals surface area contributed by atoms with Crippen LogP contribution in [0.15, 0.2) is 35.2 Å². The van der Waals surface area contributed by atoms with Gasteiger partial charge < -0.3 is 10.2 Å². The van der Waals surface area contributed by atoms with E-state index in [1.54, 1.807) is 0 Å². The third kappa shape index (κ3) is 1.94. The molecule has 0 spiro atoms. The number of hydrogen-bond acceptors (Lipinski definition) is 3. The maximum absolute atomic E-state index is 13.3. The Labute approximate surface area is 125 Å². The molecule has 2 fully saturated rings. The molecule has 108 valence electrons. The third-order valence-electron chi connectivity index (χ3n) is 5.52. The Balaban J connectivity index is 1.71. The molecule has 0 aromatic heterocycles. The summed E-state index contributed by atoms with van der Waals surface area (Å²) in [6.45, 7) is 3.90. The van der Waals surface area contributed by atoms with Crippen LogP contribution in [-0.4, -0.2) is 11.7 Å². The minimum atomic E-state index is -1.39. The van der Waals surface area contributed by atoms with E-state index in [1.807, 2.05) is 44.2 Å². The second-order valence-electron chi connectivity index (χ2n) is 6.43. The fourth-order valence-electron chi connectivity index (χ4n) is 3.98. The highest BCUT2D eigenvalue weighted by atomic mass is 32.2. The van der Waals surface area contributed by atoms with E-state index in [0.717, 1.165) is 17.7 Å². The van der Waals surface area contributed by atoms with Crippen LogP contribution in [0.1, 0.15) is 33.1 Å². The Bertz CT molecular complexity index is 477. The first-order chi connectivity index (χ1) is 9.48. The van der Waals surface area contributed by atoms with Crippen LogP contribution in [0.5, 0.6) is 0 Å². The number of benzene rings is 1. The van der Waals surface area contributed by atoms with Crippen molar-refractivity contribution in [1.82, 2.24) is 0 Å². The van der Waals surface area contributed by atoms with Gasteiger partial charge in [-0.15, -0.1) is 23.5 Å². The lowest BCUT2D eigenvalue weighted by Gasteiger charge is -2.64. The Morgan fingerprint density at radius 2 is 2.05 bits per heavy atom. The number of thioether (sulfide) groups is 1. The van der Waals surface area contributed by atoms with E-state index in [0.29, 0.717) is 12.3 Å². The quantitative estimate of drug-likeness (QED) is 0.797. The normalized spacial score (nSPS) is 41.0. The summed E-state index contributed by atoms with van der Waals surface area (Å²) in [5.74, 6) is 3.24. The molecule has 2 radical (unpaired) electrons. The van der Waals surface area contributed by atoms with Crippen LogP contribution < -0.4 is 10.2 Å². The smallest absolute Gasteiger partial charge is 0.0557 e. The van der Waals surface area contributed by atoms with Crippen LogP contribution in [-0.2, 0) is 0 Å². The lowest BCUT2D eigenvalue weighted by molar-refractivity contribution is -0.591. The van der Waals surface area contributed by atoms with Gasteiger partial charge in [-0.3, -0.25) is 0 Å². The fourth-order valence-corrected chi connectivity index (χ4v) is 4.76. The SMILES string of the molecule is CC([C]Sc1ccccc1)[C@@]1([O-])[C@@H]([O-])C[C@H]2CC[C@@]21C. The molecular weight excluding hydrogens is 268 g/mol. The van der Waals surface area contributed by atoms with Crippen LogP contribution in [0.2, 0.25) is 0 Å². The average molecular weight is 288 g/mol. The van der Waals surface area contributed by atoms with Gasteiger partial charge in [-0.05, 0) is 42.2 Å². The van der Waals surface area contributed by atoms with Crippen molar-refractivity contribution in [2.24, 2.45) is 17.3 Å². The lowest BCUT2D eigenvalue weighted by Crippen LogP contribution is -2.69. The van der Waals surface area contributed by atoms with E-state index in [2.05, 4.69) is 5.75 Å². The zero-order valence-corrected chi connectivity index (χ0v) is 12.8. The summed E-state index contributed by atoms with van der Waals surface area (Å²) in [4.78, 5) is 1.07. The van der Waals surface area contributed by atoms with Crippen molar-refractivity contribution in [3.05, 3.63) is 36.1 Å². The van der Waals surface area contributed by atoms with Gasteiger partial charge in [0.25, 0.3) is 0 Å². The largest absolute Gasteiger partial charge is 0.852 e. The zero-order chi connectivity index (χ0) is 14.4. The van der Waals surface area contributed by atoms with E-state index in [9.17, 15) is 10.2 Å². The van der Waals surface area contributed by atoms with E-state index in [-0.39, 0.29) is 11.3 Å². The Morgan fingerprint density at radius 1 is 1.35 bits per heavy atom. The molecule has 0 aliphatic heterocycles. The van der Waals surface area contributed by atoms with Gasteiger partial charge >= 0.3 is 0 Å². The van der Waals surface area contributed by atoms with E-state index >= 15 is 0 Å². The van der Waals surface area contributed by atoms with Gasteiger partial charge in [0.05, 0.1) is 5.75 Å². The predicted molar refractivity (Wildman–Crippen MR) is 76.7 cm³/mol. The van der Waals surface area contributed by atoms with Crippen LogP contribution in [0.3, 0.4) is 0 Å². The molecule has 3 heteroatoms. The van der Waals surface area contributed by atoms with Gasteiger partial charge in [-0.2, -0.15) is 0 Å². The van der Waals surface area contributed by atoms with Gasteiger partial charge in [0, 0.05) is 4.90 Å². The molecule has 0 N–H and O–H groups in total. The maximum atomic E-state index is 13.3. The molecule has 0 saturated heterocycles. The number of fused-ring (bicyclic) bond motifs is 1. The Morgan fingerprint density at radius 3 is 2.60 bits per heavy atom. The van der Waals surface area contributed by atoms with E-state index in [1.165, 1.54) is 11.8 Å². The minimum Gasteiger partial charge on any atom is -0.852 e. The van der Waals surface area contributed by atoms with Crippen molar-refractivity contribution in [3.8, 4) is 0 Å². The summed E-state index contributed by atoms with van der Waals surface area (Å²) in [5, 5.41) is 25.6. The van der Waals surface area contributed by atoms with Crippen LogP contribution in [0.25, 0.3) is 0 Å². The zero-order valence-electron chi connectivity index (χ0n) is 12.0. The van der Waals surface area contributed by atoms with Crippen molar-refractivity contribution < 1.29 is 10.2 Å². The minimum absolute atomic E-state index is 0.316. The topological polar surface area (TPSA) is 46.1 Å². The summed E-state index contributed by atoms with van der Waals surface area (Å²) >= 11 is 1.45. The monoisotopic (exact) mass is 288 g/mol. The van der Waals surface area contributed by atoms with E-state index < -0.39 is 11.7 Å². The van der Waals surface area contributed by atoms with Gasteiger partial charge in [0.2, 0.25) is 0 Å². The Kier molecular flexibility index (Phi) is 3.64. The molecule has 0 heterocycles. The number of hydrogen-bond donors (Lipinski definition) is 0. The highest BCUT2D eigenvalue weighted by Gasteiger charge is 2.58. The maximum Gasteiger partial charge on any atom is 0.0557 e. The second-order valence-corrected chi connectivity index (χ2v) is 7.34. The molecule has 5 atom stereocenters. The van der Waals surface area contributed by atoms with Gasteiger partial charge in [0.1, 0.15) is 0 Å². The van der Waals surface area contributed by atoms with Crippen LogP contribution >= 0.6 is 11.8 Å². The van der Waals surface area contributed by atoms with Gasteiger partial charge in [-0.1, -0.05) is 38.5 Å². The molecule has 2 aliphatic carbocycles. The summed E-state index contributed by atoms with van der Waals surface area (Å²) < 4.78 is 0. The molecular formula is C17H20O2S-2. The first-order valence-corrected chi connectivity index (χ1v) is 8.14. The van der Waals surface area contributed by atoms with Gasteiger partial charge in [0.15, 0.2) is 0 Å². The molecule has 2 saturated carbocycles. The van der Waals surface area contributed by atoms with Crippen molar-refractivity contribution >= 4 is 11.8 Å². The molecule has 2 nitrogen and oxygen atoms in total. The summed E-state index contributed by atoms with van der Waals surface area (Å²) in [6.07, 6.45) is 1.53. The van der Waals surface area contributed by atoms with E-state index in [4.69, 9.17) is 0 Å². The molecule has 0 bridgehead atoms. The first kappa shape index (κ1) is 14.4. The van der Waals surface area contributed by atoms with Crippen molar-refractivity contribution in [1.29, 1.82) is 0 Å². The molecule has 1 unspecified atom stereocenters. The Hall–Kier alpha value is -0.510.